The molecule has 3 aromatic carbocycles. The van der Waals surface area contributed by atoms with E-state index < -0.39 is 17.3 Å². The third-order valence-electron chi connectivity index (χ3n) is 8.35. The van der Waals surface area contributed by atoms with E-state index in [2.05, 4.69) is 15.5 Å². The van der Waals surface area contributed by atoms with E-state index in [1.54, 1.807) is 30.7 Å². The van der Waals surface area contributed by atoms with Crippen LogP contribution in [0.1, 0.15) is 44.1 Å². The van der Waals surface area contributed by atoms with Crippen LogP contribution in [0.2, 0.25) is 0 Å². The molecular weight excluding hydrogens is 488 g/mol. The highest BCUT2D eigenvalue weighted by atomic mass is 16.2. The molecule has 2 heterocycles. The minimum atomic E-state index is -1.04. The number of nitrogens with zero attached hydrogens (tertiary/aromatic N) is 3. The van der Waals surface area contributed by atoms with Gasteiger partial charge in [0.15, 0.2) is 0 Å². The van der Waals surface area contributed by atoms with Crippen LogP contribution in [0, 0.1) is 18.8 Å². The van der Waals surface area contributed by atoms with Crippen LogP contribution in [0.5, 0.6) is 0 Å². The zero-order valence-corrected chi connectivity index (χ0v) is 21.1. The molecule has 1 saturated heterocycles. The maximum atomic E-state index is 14.3. The highest BCUT2D eigenvalue weighted by molar-refractivity contribution is 6.25. The molecule has 1 aromatic heterocycles. The number of hydrazone groups is 1. The molecule has 3 aliphatic carbocycles. The number of anilines is 1. The minimum absolute atomic E-state index is 0.207. The number of hydrogen-bond donors (Lipinski definition) is 1. The van der Waals surface area contributed by atoms with Gasteiger partial charge in [-0.25, -0.2) is 10.3 Å². The molecule has 1 fully saturated rings. The van der Waals surface area contributed by atoms with Crippen molar-refractivity contribution < 1.29 is 14.4 Å². The average molecular weight is 513 g/mol. The maximum Gasteiger partial charge on any atom is 0.271 e. The summed E-state index contributed by atoms with van der Waals surface area (Å²) in [6.07, 6.45) is 4.75. The monoisotopic (exact) mass is 512 g/mol. The molecule has 0 unspecified atom stereocenters. The van der Waals surface area contributed by atoms with E-state index in [0.717, 1.165) is 27.8 Å². The zero-order valence-electron chi connectivity index (χ0n) is 21.1. The fourth-order valence-electron chi connectivity index (χ4n) is 6.76. The molecule has 0 radical (unpaired) electrons. The van der Waals surface area contributed by atoms with Gasteiger partial charge >= 0.3 is 0 Å². The highest BCUT2D eigenvalue weighted by Crippen LogP contribution is 2.63. The summed E-state index contributed by atoms with van der Waals surface area (Å²) in [7, 11) is 0. The van der Waals surface area contributed by atoms with Gasteiger partial charge in [-0.3, -0.25) is 19.4 Å². The molecule has 4 aromatic rings. The van der Waals surface area contributed by atoms with Gasteiger partial charge in [0.25, 0.3) is 5.91 Å². The number of rotatable bonds is 4. The van der Waals surface area contributed by atoms with Gasteiger partial charge in [-0.15, -0.1) is 0 Å². The van der Waals surface area contributed by atoms with E-state index in [4.69, 9.17) is 0 Å². The summed E-state index contributed by atoms with van der Waals surface area (Å²) in [5, 5.41) is 4.44. The van der Waals surface area contributed by atoms with E-state index in [1.165, 1.54) is 4.90 Å². The van der Waals surface area contributed by atoms with Gasteiger partial charge in [0.1, 0.15) is 0 Å². The van der Waals surface area contributed by atoms with E-state index in [0.29, 0.717) is 11.3 Å². The Morgan fingerprint density at radius 2 is 1.49 bits per heavy atom. The van der Waals surface area contributed by atoms with E-state index in [1.807, 2.05) is 79.7 Å². The fourth-order valence-corrected chi connectivity index (χ4v) is 6.76. The van der Waals surface area contributed by atoms with Gasteiger partial charge in [-0.05, 0) is 53.4 Å². The Labute approximate surface area is 225 Å². The number of nitrogens with one attached hydrogen (secondary N) is 1. The number of hydrogen-bond acceptors (Lipinski definition) is 5. The fraction of sp³-hybridized carbons (Fsp3) is 0.156. The Hall–Kier alpha value is -4.91. The predicted octanol–water partition coefficient (Wildman–Crippen LogP) is 4.36. The number of carbonyl (C=O) groups excluding carboxylic acids is 3. The second-order valence-corrected chi connectivity index (χ2v) is 10.3. The molecule has 1 N–H and O–H groups in total. The van der Waals surface area contributed by atoms with Gasteiger partial charge in [-0.1, -0.05) is 66.2 Å². The Morgan fingerprint density at radius 1 is 0.872 bits per heavy atom. The lowest BCUT2D eigenvalue weighted by Crippen LogP contribution is -2.54. The Balaban J connectivity index is 1.41. The number of imide groups is 1. The van der Waals surface area contributed by atoms with Crippen LogP contribution in [0.4, 0.5) is 5.69 Å². The standard InChI is InChI=1S/C32H24N4O3/c1-19-10-12-21(13-11-19)36-30(38)27-26-22-6-2-4-8-24(22)32(28(27)31(36)39,25-9-5-3-7-23(25)26)18-34-35-29(37)20-14-16-33-17-15-20/h2-18,26-28H,1H3,(H,35,37)/b34-18+/t26?,27-,28+,32?/m0/s1. The highest BCUT2D eigenvalue weighted by Gasteiger charge is 2.68. The molecule has 190 valence electrons. The van der Waals surface area contributed by atoms with Gasteiger partial charge in [0.2, 0.25) is 11.8 Å². The number of benzene rings is 3. The Morgan fingerprint density at radius 3 is 2.13 bits per heavy atom. The van der Waals surface area contributed by atoms with Gasteiger partial charge in [-0.2, -0.15) is 5.10 Å². The number of carbonyl (C=O) groups is 3. The zero-order chi connectivity index (χ0) is 26.7. The summed E-state index contributed by atoms with van der Waals surface area (Å²) >= 11 is 0. The first kappa shape index (κ1) is 23.2. The van der Waals surface area contributed by atoms with Crippen molar-refractivity contribution in [1.29, 1.82) is 0 Å². The average Bonchev–Trinajstić information content (AvgIpc) is 3.25. The van der Waals surface area contributed by atoms with Gasteiger partial charge < -0.3 is 0 Å². The summed E-state index contributed by atoms with van der Waals surface area (Å²) in [6.45, 7) is 1.97. The van der Waals surface area contributed by atoms with Crippen LogP contribution in [-0.4, -0.2) is 28.9 Å². The number of aryl methyl sites for hydroxylation is 1. The van der Waals surface area contributed by atoms with Crippen LogP contribution < -0.4 is 10.3 Å². The summed E-state index contributed by atoms with van der Waals surface area (Å²) in [6, 6.07) is 26.6. The number of aromatic nitrogens is 1. The molecule has 1 aliphatic heterocycles. The van der Waals surface area contributed by atoms with Crippen LogP contribution in [0.25, 0.3) is 0 Å². The van der Waals surface area contributed by atoms with Gasteiger partial charge in [0, 0.05) is 30.1 Å². The summed E-state index contributed by atoms with van der Waals surface area (Å²) < 4.78 is 0. The van der Waals surface area contributed by atoms with Crippen molar-refractivity contribution in [3.63, 3.8) is 0 Å². The SMILES string of the molecule is Cc1ccc(N2C(=O)[C@H]3C4c5ccccc5C(/C=N/NC(=O)c5ccncc5)(c5ccccc54)[C@H]3C2=O)cc1. The van der Waals surface area contributed by atoms with Crippen molar-refractivity contribution in [3.05, 3.63) is 131 Å². The molecule has 2 bridgehead atoms. The van der Waals surface area contributed by atoms with Crippen LogP contribution in [-0.2, 0) is 15.0 Å². The van der Waals surface area contributed by atoms with Crippen molar-refractivity contribution in [2.45, 2.75) is 18.3 Å². The topological polar surface area (TPSA) is 91.7 Å². The molecular formula is C32H24N4O3. The van der Waals surface area contributed by atoms with Crippen molar-refractivity contribution in [1.82, 2.24) is 10.4 Å². The lowest BCUT2D eigenvalue weighted by molar-refractivity contribution is -0.122. The normalized spacial score (nSPS) is 24.4. The first-order chi connectivity index (χ1) is 19.0. The predicted molar refractivity (Wildman–Crippen MR) is 146 cm³/mol. The van der Waals surface area contributed by atoms with E-state index in [9.17, 15) is 14.4 Å². The quantitative estimate of drug-likeness (QED) is 0.250. The molecule has 4 aliphatic rings. The summed E-state index contributed by atoms with van der Waals surface area (Å²) in [5.41, 5.74) is 7.51. The van der Waals surface area contributed by atoms with Crippen LogP contribution >= 0.6 is 0 Å². The molecule has 7 nitrogen and oxygen atoms in total. The minimum Gasteiger partial charge on any atom is -0.274 e. The first-order valence-electron chi connectivity index (χ1n) is 12.9. The smallest absolute Gasteiger partial charge is 0.271 e. The van der Waals surface area contributed by atoms with Crippen molar-refractivity contribution in [3.8, 4) is 0 Å². The third-order valence-corrected chi connectivity index (χ3v) is 8.35. The summed E-state index contributed by atoms with van der Waals surface area (Å²) in [5.74, 6) is -2.40. The molecule has 8 rings (SSSR count). The maximum absolute atomic E-state index is 14.3. The lowest BCUT2D eigenvalue weighted by Gasteiger charge is -2.52. The second-order valence-electron chi connectivity index (χ2n) is 10.3. The Bertz CT molecular complexity index is 1630. The van der Waals surface area contributed by atoms with E-state index >= 15 is 0 Å². The molecule has 0 spiro atoms. The van der Waals surface area contributed by atoms with Crippen molar-refractivity contribution in [2.75, 3.05) is 4.90 Å². The number of pyridine rings is 1. The van der Waals surface area contributed by atoms with Gasteiger partial charge in [0.05, 0.1) is 22.9 Å². The third kappa shape index (κ3) is 3.19. The molecule has 39 heavy (non-hydrogen) atoms. The molecule has 3 amide bonds. The first-order valence-corrected chi connectivity index (χ1v) is 12.9. The van der Waals surface area contributed by atoms with E-state index in [-0.39, 0.29) is 23.6 Å². The largest absolute Gasteiger partial charge is 0.274 e. The molecule has 7 heteroatoms. The van der Waals surface area contributed by atoms with Crippen LogP contribution in [0.15, 0.2) is 102 Å². The Kier molecular flexibility index (Phi) is 5.10. The lowest BCUT2D eigenvalue weighted by atomic mass is 9.47. The number of amides is 3. The van der Waals surface area contributed by atoms with Crippen molar-refractivity contribution in [2.24, 2.45) is 16.9 Å². The molecule has 0 saturated carbocycles. The second kappa shape index (κ2) is 8.56. The summed E-state index contributed by atoms with van der Waals surface area (Å²) in [4.78, 5) is 46.6. The molecule has 2 atom stereocenters. The van der Waals surface area contributed by atoms with Crippen LogP contribution in [0.3, 0.4) is 0 Å². The van der Waals surface area contributed by atoms with Crippen molar-refractivity contribution >= 4 is 29.6 Å².